The Labute approximate surface area is 114 Å². The molecule has 0 aromatic heterocycles. The molecule has 3 nitrogen and oxygen atoms in total. The van der Waals surface area contributed by atoms with Gasteiger partial charge in [-0.2, -0.15) is 0 Å². The predicted octanol–water partition coefficient (Wildman–Crippen LogP) is 2.67. The third kappa shape index (κ3) is 3.16. The Bertz CT molecular complexity index is 391. The molecular weight excluding hydrogens is 248 g/mol. The number of hydrogen-bond acceptors (Lipinski definition) is 3. The van der Waals surface area contributed by atoms with Crippen LogP contribution in [0.4, 0.5) is 5.69 Å². The highest BCUT2D eigenvalue weighted by Crippen LogP contribution is 2.27. The van der Waals surface area contributed by atoms with Crippen LogP contribution in [-0.4, -0.2) is 32.8 Å². The van der Waals surface area contributed by atoms with Crippen molar-refractivity contribution in [3.05, 3.63) is 28.8 Å². The van der Waals surface area contributed by atoms with Crippen LogP contribution in [0.3, 0.4) is 0 Å². The van der Waals surface area contributed by atoms with E-state index < -0.39 is 0 Å². The first kappa shape index (κ1) is 13.7. The van der Waals surface area contributed by atoms with Gasteiger partial charge in [0, 0.05) is 30.9 Å². The number of nitrogens with zero attached hydrogens (tertiary/aromatic N) is 1. The summed E-state index contributed by atoms with van der Waals surface area (Å²) in [5.74, 6) is 0. The molecule has 1 aromatic rings. The number of halogens is 1. The fraction of sp³-hybridized carbons (Fsp3) is 0.571. The molecule has 0 aliphatic carbocycles. The standard InChI is InChI=1S/C14H21ClN2O/c1-3-16-9-11-8-12(15)4-5-14(11)17(2)13-6-7-18-10-13/h4-5,8,13,16H,3,6-7,9-10H2,1-2H3. The fourth-order valence-corrected chi connectivity index (χ4v) is 2.52. The fourth-order valence-electron chi connectivity index (χ4n) is 2.32. The van der Waals surface area contributed by atoms with Crippen LogP contribution >= 0.6 is 11.6 Å². The highest BCUT2D eigenvalue weighted by Gasteiger charge is 2.22. The van der Waals surface area contributed by atoms with E-state index in [4.69, 9.17) is 16.3 Å². The molecule has 1 atom stereocenters. The molecule has 0 saturated carbocycles. The maximum absolute atomic E-state index is 6.09. The van der Waals surface area contributed by atoms with Gasteiger partial charge in [-0.05, 0) is 36.7 Å². The average Bonchev–Trinajstić information content (AvgIpc) is 2.89. The van der Waals surface area contributed by atoms with E-state index in [1.807, 2.05) is 12.1 Å². The topological polar surface area (TPSA) is 24.5 Å². The summed E-state index contributed by atoms with van der Waals surface area (Å²) in [6.45, 7) is 5.61. The first-order valence-electron chi connectivity index (χ1n) is 6.52. The zero-order valence-corrected chi connectivity index (χ0v) is 11.8. The molecule has 1 fully saturated rings. The van der Waals surface area contributed by atoms with Gasteiger partial charge >= 0.3 is 0 Å². The lowest BCUT2D eigenvalue weighted by molar-refractivity contribution is 0.193. The summed E-state index contributed by atoms with van der Waals surface area (Å²) in [5.41, 5.74) is 2.50. The lowest BCUT2D eigenvalue weighted by atomic mass is 10.1. The maximum atomic E-state index is 6.09. The van der Waals surface area contributed by atoms with Crippen molar-refractivity contribution in [3.63, 3.8) is 0 Å². The molecule has 1 unspecified atom stereocenters. The first-order chi connectivity index (χ1) is 8.72. The zero-order chi connectivity index (χ0) is 13.0. The van der Waals surface area contributed by atoms with Gasteiger partial charge in [0.25, 0.3) is 0 Å². The van der Waals surface area contributed by atoms with Crippen LogP contribution in [0.2, 0.25) is 5.02 Å². The summed E-state index contributed by atoms with van der Waals surface area (Å²) in [4.78, 5) is 2.32. The van der Waals surface area contributed by atoms with Gasteiger partial charge in [-0.3, -0.25) is 0 Å². The van der Waals surface area contributed by atoms with Crippen molar-refractivity contribution in [2.45, 2.75) is 25.9 Å². The van der Waals surface area contributed by atoms with Crippen molar-refractivity contribution in [1.82, 2.24) is 5.32 Å². The molecule has 0 radical (unpaired) electrons. The van der Waals surface area contributed by atoms with Crippen molar-refractivity contribution in [1.29, 1.82) is 0 Å². The molecule has 1 N–H and O–H groups in total. The second-order valence-corrected chi connectivity index (χ2v) is 5.12. The normalized spacial score (nSPS) is 19.2. The molecule has 0 amide bonds. The third-order valence-corrected chi connectivity index (χ3v) is 3.68. The zero-order valence-electron chi connectivity index (χ0n) is 11.1. The number of nitrogens with one attached hydrogen (secondary N) is 1. The van der Waals surface area contributed by atoms with Crippen molar-refractivity contribution in [3.8, 4) is 0 Å². The number of benzene rings is 1. The Hall–Kier alpha value is -0.770. The Balaban J connectivity index is 2.18. The molecule has 100 valence electrons. The van der Waals surface area contributed by atoms with Crippen LogP contribution in [0, 0.1) is 0 Å². The number of anilines is 1. The van der Waals surface area contributed by atoms with E-state index in [0.29, 0.717) is 6.04 Å². The van der Waals surface area contributed by atoms with Gasteiger partial charge in [0.15, 0.2) is 0 Å². The summed E-state index contributed by atoms with van der Waals surface area (Å²) in [5, 5.41) is 4.16. The minimum atomic E-state index is 0.478. The van der Waals surface area contributed by atoms with Gasteiger partial charge in [-0.1, -0.05) is 18.5 Å². The second kappa shape index (κ2) is 6.41. The predicted molar refractivity (Wildman–Crippen MR) is 76.5 cm³/mol. The maximum Gasteiger partial charge on any atom is 0.0670 e. The van der Waals surface area contributed by atoms with E-state index in [-0.39, 0.29) is 0 Å². The Morgan fingerprint density at radius 3 is 3.00 bits per heavy atom. The number of ether oxygens (including phenoxy) is 1. The highest BCUT2D eigenvalue weighted by atomic mass is 35.5. The summed E-state index contributed by atoms with van der Waals surface area (Å²) in [6, 6.07) is 6.59. The molecular formula is C14H21ClN2O. The molecule has 1 aliphatic rings. The highest BCUT2D eigenvalue weighted by molar-refractivity contribution is 6.30. The lowest BCUT2D eigenvalue weighted by Crippen LogP contribution is -2.33. The van der Waals surface area contributed by atoms with Crippen molar-refractivity contribution in [2.24, 2.45) is 0 Å². The first-order valence-corrected chi connectivity index (χ1v) is 6.90. The minimum absolute atomic E-state index is 0.478. The lowest BCUT2D eigenvalue weighted by Gasteiger charge is -2.28. The van der Waals surface area contributed by atoms with E-state index in [9.17, 15) is 0 Å². The number of hydrogen-bond donors (Lipinski definition) is 1. The van der Waals surface area contributed by atoms with Gasteiger partial charge in [0.2, 0.25) is 0 Å². The summed E-state index contributed by atoms with van der Waals surface area (Å²) >= 11 is 6.09. The molecule has 2 rings (SSSR count). The minimum Gasteiger partial charge on any atom is -0.379 e. The van der Waals surface area contributed by atoms with Gasteiger partial charge < -0.3 is 15.0 Å². The molecule has 1 heterocycles. The number of rotatable bonds is 5. The monoisotopic (exact) mass is 268 g/mol. The van der Waals surface area contributed by atoms with Crippen molar-refractivity contribution >= 4 is 17.3 Å². The van der Waals surface area contributed by atoms with Gasteiger partial charge in [0.1, 0.15) is 0 Å². The van der Waals surface area contributed by atoms with E-state index >= 15 is 0 Å². The van der Waals surface area contributed by atoms with Crippen molar-refractivity contribution < 1.29 is 4.74 Å². The van der Waals surface area contributed by atoms with Crippen LogP contribution in [0.15, 0.2) is 18.2 Å². The van der Waals surface area contributed by atoms with Gasteiger partial charge in [-0.25, -0.2) is 0 Å². The van der Waals surface area contributed by atoms with Crippen LogP contribution < -0.4 is 10.2 Å². The van der Waals surface area contributed by atoms with Crippen LogP contribution in [0.5, 0.6) is 0 Å². The average molecular weight is 269 g/mol. The molecule has 0 bridgehead atoms. The smallest absolute Gasteiger partial charge is 0.0670 e. The Kier molecular flexibility index (Phi) is 4.87. The third-order valence-electron chi connectivity index (χ3n) is 3.44. The van der Waals surface area contributed by atoms with Crippen LogP contribution in [0.1, 0.15) is 18.9 Å². The number of likely N-dealkylation sites (N-methyl/N-ethyl adjacent to an activating group) is 1. The molecule has 1 aliphatic heterocycles. The van der Waals surface area contributed by atoms with E-state index in [1.165, 1.54) is 11.3 Å². The van der Waals surface area contributed by atoms with E-state index in [0.717, 1.165) is 37.7 Å². The summed E-state index contributed by atoms with van der Waals surface area (Å²) in [7, 11) is 2.14. The van der Waals surface area contributed by atoms with Crippen molar-refractivity contribution in [2.75, 3.05) is 31.7 Å². The Morgan fingerprint density at radius 2 is 2.33 bits per heavy atom. The van der Waals surface area contributed by atoms with Crippen LogP contribution in [-0.2, 0) is 11.3 Å². The summed E-state index contributed by atoms with van der Waals surface area (Å²) < 4.78 is 5.46. The van der Waals surface area contributed by atoms with E-state index in [1.54, 1.807) is 0 Å². The SMILES string of the molecule is CCNCc1cc(Cl)ccc1N(C)C1CCOC1. The quantitative estimate of drug-likeness (QED) is 0.889. The Morgan fingerprint density at radius 1 is 1.50 bits per heavy atom. The molecule has 0 spiro atoms. The van der Waals surface area contributed by atoms with Gasteiger partial charge in [-0.15, -0.1) is 0 Å². The summed E-state index contributed by atoms with van der Waals surface area (Å²) in [6.07, 6.45) is 1.10. The largest absolute Gasteiger partial charge is 0.379 e. The molecule has 18 heavy (non-hydrogen) atoms. The van der Waals surface area contributed by atoms with E-state index in [2.05, 4.69) is 30.3 Å². The molecule has 1 aromatic carbocycles. The van der Waals surface area contributed by atoms with Gasteiger partial charge in [0.05, 0.1) is 12.6 Å². The molecule has 1 saturated heterocycles. The second-order valence-electron chi connectivity index (χ2n) is 4.68. The van der Waals surface area contributed by atoms with Crippen LogP contribution in [0.25, 0.3) is 0 Å². The molecule has 4 heteroatoms.